The lowest BCUT2D eigenvalue weighted by molar-refractivity contribution is -0.116. The molecule has 0 radical (unpaired) electrons. The normalized spacial score (nSPS) is 12.1. The number of nitrogens with one attached hydrogen (secondary N) is 1. The molecule has 0 aromatic heterocycles. The minimum atomic E-state index is -3.71. The monoisotopic (exact) mass is 424 g/mol. The molecule has 0 spiro atoms. The van der Waals surface area contributed by atoms with Crippen LogP contribution in [0.3, 0.4) is 0 Å². The number of hydrogen-bond acceptors (Lipinski definition) is 5. The van der Waals surface area contributed by atoms with Gasteiger partial charge in [0.05, 0.1) is 34.8 Å². The molecule has 0 aliphatic rings. The highest BCUT2D eigenvalue weighted by Gasteiger charge is 2.29. The first kappa shape index (κ1) is 21.7. The van der Waals surface area contributed by atoms with E-state index in [0.717, 1.165) is 10.6 Å². The molecule has 0 fully saturated rings. The molecule has 2 rings (SSSR count). The Morgan fingerprint density at radius 2 is 1.82 bits per heavy atom. The molecular weight excluding hydrogens is 404 g/mol. The van der Waals surface area contributed by atoms with Crippen molar-refractivity contribution >= 4 is 44.9 Å². The van der Waals surface area contributed by atoms with E-state index in [-0.39, 0.29) is 22.9 Å². The molecule has 2 aromatic rings. The molecule has 28 heavy (non-hydrogen) atoms. The first-order valence-electron chi connectivity index (χ1n) is 8.47. The van der Waals surface area contributed by atoms with Crippen molar-refractivity contribution in [1.29, 1.82) is 0 Å². The Labute approximate surface area is 169 Å². The third-order valence-electron chi connectivity index (χ3n) is 3.84. The predicted molar refractivity (Wildman–Crippen MR) is 109 cm³/mol. The van der Waals surface area contributed by atoms with Crippen LogP contribution in [0.15, 0.2) is 48.5 Å². The molecule has 0 saturated carbocycles. The van der Waals surface area contributed by atoms with Gasteiger partial charge in [-0.2, -0.15) is 0 Å². The number of hydrogen-bond donors (Lipinski definition) is 1. The number of ether oxygens (including phenoxy) is 1. The van der Waals surface area contributed by atoms with Crippen LogP contribution >= 0.6 is 11.6 Å². The van der Waals surface area contributed by atoms with Crippen molar-refractivity contribution in [2.24, 2.45) is 0 Å². The Morgan fingerprint density at radius 1 is 1.18 bits per heavy atom. The Bertz CT molecular complexity index is 964. The summed E-state index contributed by atoms with van der Waals surface area (Å²) in [5.74, 6) is -1.09. The van der Waals surface area contributed by atoms with E-state index >= 15 is 0 Å². The van der Waals surface area contributed by atoms with Gasteiger partial charge >= 0.3 is 5.97 Å². The quantitative estimate of drug-likeness (QED) is 0.688. The number of sulfonamides is 1. The van der Waals surface area contributed by atoms with E-state index in [2.05, 4.69) is 5.32 Å². The molecule has 7 nitrogen and oxygen atoms in total. The third-order valence-corrected chi connectivity index (χ3v) is 5.39. The molecule has 0 saturated heterocycles. The molecule has 0 unspecified atom stereocenters. The Morgan fingerprint density at radius 3 is 2.36 bits per heavy atom. The van der Waals surface area contributed by atoms with Crippen LogP contribution < -0.4 is 9.62 Å². The Kier molecular flexibility index (Phi) is 7.04. The lowest BCUT2D eigenvalue weighted by atomic mass is 10.2. The third kappa shape index (κ3) is 5.24. The lowest BCUT2D eigenvalue weighted by Gasteiger charge is -2.28. The zero-order valence-corrected chi connectivity index (χ0v) is 17.3. The van der Waals surface area contributed by atoms with E-state index in [1.807, 2.05) is 0 Å². The summed E-state index contributed by atoms with van der Waals surface area (Å²) in [6.45, 7) is 3.40. The SMILES string of the molecule is CCOC(=O)c1ccc(NC(=O)[C@H](C)N(c2ccccc2)S(C)(=O)=O)c(Cl)c1. The summed E-state index contributed by atoms with van der Waals surface area (Å²) in [4.78, 5) is 24.4. The summed E-state index contributed by atoms with van der Waals surface area (Å²) in [6.07, 6.45) is 1.03. The fourth-order valence-electron chi connectivity index (χ4n) is 2.58. The summed E-state index contributed by atoms with van der Waals surface area (Å²) in [5, 5.41) is 2.74. The van der Waals surface area contributed by atoms with Gasteiger partial charge in [0.1, 0.15) is 6.04 Å². The van der Waals surface area contributed by atoms with Gasteiger partial charge in [-0.15, -0.1) is 0 Å². The van der Waals surface area contributed by atoms with Crippen LogP contribution in [0.1, 0.15) is 24.2 Å². The first-order valence-corrected chi connectivity index (χ1v) is 10.7. The molecule has 150 valence electrons. The number of para-hydroxylation sites is 1. The van der Waals surface area contributed by atoms with Crippen LogP contribution in [-0.4, -0.2) is 39.2 Å². The van der Waals surface area contributed by atoms with E-state index in [9.17, 15) is 18.0 Å². The van der Waals surface area contributed by atoms with Crippen LogP contribution in [0.5, 0.6) is 0 Å². The maximum atomic E-state index is 12.7. The summed E-state index contributed by atoms with van der Waals surface area (Å²) in [7, 11) is -3.71. The average Bonchev–Trinajstić information content (AvgIpc) is 2.63. The van der Waals surface area contributed by atoms with Crippen LogP contribution in [-0.2, 0) is 19.6 Å². The second-order valence-corrected chi connectivity index (χ2v) is 8.24. The van der Waals surface area contributed by atoms with Crippen molar-refractivity contribution in [1.82, 2.24) is 0 Å². The second-order valence-electron chi connectivity index (χ2n) is 5.97. The molecule has 2 aromatic carbocycles. The highest BCUT2D eigenvalue weighted by molar-refractivity contribution is 7.92. The van der Waals surface area contributed by atoms with E-state index in [1.165, 1.54) is 25.1 Å². The highest BCUT2D eigenvalue weighted by atomic mass is 35.5. The minimum Gasteiger partial charge on any atom is -0.462 e. The van der Waals surface area contributed by atoms with Crippen LogP contribution in [0.4, 0.5) is 11.4 Å². The van der Waals surface area contributed by atoms with Gasteiger partial charge in [0.15, 0.2) is 0 Å². The highest BCUT2D eigenvalue weighted by Crippen LogP contribution is 2.25. The van der Waals surface area contributed by atoms with Crippen molar-refractivity contribution in [3.8, 4) is 0 Å². The lowest BCUT2D eigenvalue weighted by Crippen LogP contribution is -2.45. The van der Waals surface area contributed by atoms with E-state index in [4.69, 9.17) is 16.3 Å². The smallest absolute Gasteiger partial charge is 0.338 e. The summed E-state index contributed by atoms with van der Waals surface area (Å²) in [5.41, 5.74) is 0.879. The number of halogens is 1. The number of amides is 1. The van der Waals surface area contributed by atoms with Crippen LogP contribution in [0, 0.1) is 0 Å². The first-order chi connectivity index (χ1) is 13.1. The van der Waals surface area contributed by atoms with Crippen LogP contribution in [0.25, 0.3) is 0 Å². The van der Waals surface area contributed by atoms with E-state index < -0.39 is 27.9 Å². The van der Waals surface area contributed by atoms with Crippen LogP contribution in [0.2, 0.25) is 5.02 Å². The molecule has 0 aliphatic carbocycles. The minimum absolute atomic E-state index is 0.136. The van der Waals surface area contributed by atoms with Crippen molar-refractivity contribution in [3.05, 3.63) is 59.1 Å². The summed E-state index contributed by atoms with van der Waals surface area (Å²) < 4.78 is 30.4. The van der Waals surface area contributed by atoms with Gasteiger partial charge in [0.2, 0.25) is 15.9 Å². The molecule has 1 amide bonds. The molecule has 1 atom stereocenters. The number of nitrogens with zero attached hydrogens (tertiary/aromatic N) is 1. The number of carbonyl (C=O) groups excluding carboxylic acids is 2. The summed E-state index contributed by atoms with van der Waals surface area (Å²) in [6, 6.07) is 11.6. The number of rotatable bonds is 7. The van der Waals surface area contributed by atoms with Gasteiger partial charge in [-0.1, -0.05) is 29.8 Å². The summed E-state index contributed by atoms with van der Waals surface area (Å²) >= 11 is 6.15. The predicted octanol–water partition coefficient (Wildman–Crippen LogP) is 3.31. The fourth-order valence-corrected chi connectivity index (χ4v) is 3.98. The largest absolute Gasteiger partial charge is 0.462 e. The Balaban J connectivity index is 2.24. The topological polar surface area (TPSA) is 92.8 Å². The van der Waals surface area contributed by atoms with Gasteiger partial charge in [0, 0.05) is 0 Å². The van der Waals surface area contributed by atoms with Gasteiger partial charge in [-0.05, 0) is 44.2 Å². The van der Waals surface area contributed by atoms with E-state index in [0.29, 0.717) is 5.69 Å². The number of esters is 1. The van der Waals surface area contributed by atoms with Crippen molar-refractivity contribution in [2.45, 2.75) is 19.9 Å². The van der Waals surface area contributed by atoms with Gasteiger partial charge < -0.3 is 10.1 Å². The zero-order valence-electron chi connectivity index (χ0n) is 15.7. The van der Waals surface area contributed by atoms with Crippen molar-refractivity contribution < 1.29 is 22.7 Å². The fraction of sp³-hybridized carbons (Fsp3) is 0.263. The number of benzene rings is 2. The number of carbonyl (C=O) groups is 2. The maximum Gasteiger partial charge on any atom is 0.338 e. The second kappa shape index (κ2) is 9.07. The zero-order chi connectivity index (χ0) is 20.9. The number of anilines is 2. The van der Waals surface area contributed by atoms with Gasteiger partial charge in [-0.3, -0.25) is 9.10 Å². The standard InChI is InChI=1S/C19H21ClN2O5S/c1-4-27-19(24)14-10-11-17(16(20)12-14)21-18(23)13(2)22(28(3,25)26)15-8-6-5-7-9-15/h5-13H,4H2,1-3H3,(H,21,23)/t13-/m0/s1. The van der Waals surface area contributed by atoms with Gasteiger partial charge in [0.25, 0.3) is 0 Å². The van der Waals surface area contributed by atoms with E-state index in [1.54, 1.807) is 37.3 Å². The molecule has 0 bridgehead atoms. The van der Waals surface area contributed by atoms with Crippen molar-refractivity contribution in [3.63, 3.8) is 0 Å². The molecule has 0 aliphatic heterocycles. The Hall–Kier alpha value is -2.58. The molecule has 1 N–H and O–H groups in total. The molecule has 9 heteroatoms. The van der Waals surface area contributed by atoms with Gasteiger partial charge in [-0.25, -0.2) is 13.2 Å². The molecular formula is C19H21ClN2O5S. The maximum absolute atomic E-state index is 12.7. The van der Waals surface area contributed by atoms with Crippen molar-refractivity contribution in [2.75, 3.05) is 22.5 Å². The molecule has 0 heterocycles. The average molecular weight is 425 g/mol.